The summed E-state index contributed by atoms with van der Waals surface area (Å²) in [5.41, 5.74) is 1.99. The van der Waals surface area contributed by atoms with E-state index in [9.17, 15) is 19.5 Å². The van der Waals surface area contributed by atoms with E-state index >= 15 is 0 Å². The second-order valence-corrected chi connectivity index (χ2v) is 14.3. The third-order valence-corrected chi connectivity index (χ3v) is 11.4. The molecule has 2 amide bonds. The highest BCUT2D eigenvalue weighted by Crippen LogP contribution is 2.70. The molecule has 2 N–H and O–H groups in total. The highest BCUT2D eigenvalue weighted by molar-refractivity contribution is 5.95. The number of hydrogen-bond donors (Lipinski definition) is 2. The number of piperazine rings is 1. The summed E-state index contributed by atoms with van der Waals surface area (Å²) in [5, 5.41) is 23.2. The van der Waals surface area contributed by atoms with E-state index in [1.165, 1.54) is 11.1 Å². The van der Waals surface area contributed by atoms with Crippen molar-refractivity contribution in [1.29, 1.82) is 0 Å². The maximum Gasteiger partial charge on any atom is 0.276 e. The van der Waals surface area contributed by atoms with Gasteiger partial charge in [-0.25, -0.2) is 15.0 Å². The second kappa shape index (κ2) is 10.8. The molecule has 9 rings (SSSR count). The number of fused-ring (bicyclic) bond motifs is 2. The molecule has 14 heteroatoms. The number of carbonyl (C=O) groups is 2. The van der Waals surface area contributed by atoms with Crippen LogP contribution in [0, 0.1) is 18.3 Å². The van der Waals surface area contributed by atoms with Gasteiger partial charge in [-0.2, -0.15) is 0 Å². The first-order chi connectivity index (χ1) is 23.0. The number of aryl methyl sites for hydroxylation is 1. The van der Waals surface area contributed by atoms with Gasteiger partial charge in [0.25, 0.3) is 5.91 Å². The van der Waals surface area contributed by atoms with Crippen LogP contribution in [0.3, 0.4) is 0 Å². The number of carbonyl (C=O) groups excluding carboxylic acids is 2. The molecule has 250 valence electrons. The van der Waals surface area contributed by atoms with Gasteiger partial charge in [0, 0.05) is 36.6 Å². The largest absolute Gasteiger partial charge is 0.504 e. The summed E-state index contributed by atoms with van der Waals surface area (Å²) in [6, 6.07) is 5.10. The maximum atomic E-state index is 14.5. The standard InChI is InChI=1S/C34H40N10O4/c1-5-21-28(41-12-13-42(23-10-9-22(23)41)32(48)27-29(46)20(4)36-18-37-27)30(47)26-31(40-44(39-26)24-8-6-7-11-35-24)43(21)14-25(45)38-34-15-33(16-34,17-34)19(2)3/h6-8,11,18-19,22-23,46H,5,9-10,12-17H2,1-4H3,(H,38,45)/t22-,23-,33?,34?/m0/s1. The van der Waals surface area contributed by atoms with Gasteiger partial charge in [0.15, 0.2) is 28.4 Å². The first-order valence-electron chi connectivity index (χ1n) is 16.9. The number of nitrogens with one attached hydrogen (secondary N) is 1. The Morgan fingerprint density at radius 3 is 2.50 bits per heavy atom. The average Bonchev–Trinajstić information content (AvgIpc) is 3.47. The van der Waals surface area contributed by atoms with E-state index in [-0.39, 0.29) is 58.4 Å². The van der Waals surface area contributed by atoms with Crippen molar-refractivity contribution in [3.63, 3.8) is 0 Å². The molecular formula is C34H40N10O4. The molecule has 0 radical (unpaired) electrons. The molecule has 4 aliphatic carbocycles. The number of aromatic nitrogens is 7. The molecule has 48 heavy (non-hydrogen) atoms. The summed E-state index contributed by atoms with van der Waals surface area (Å²) >= 11 is 0. The van der Waals surface area contributed by atoms with Crippen LogP contribution in [0.4, 0.5) is 5.69 Å². The molecule has 0 unspecified atom stereocenters. The van der Waals surface area contributed by atoms with Crippen LogP contribution in [-0.2, 0) is 17.8 Å². The molecule has 5 heterocycles. The summed E-state index contributed by atoms with van der Waals surface area (Å²) in [4.78, 5) is 59.5. The first-order valence-corrected chi connectivity index (χ1v) is 16.9. The molecule has 1 aliphatic heterocycles. The Morgan fingerprint density at radius 2 is 1.83 bits per heavy atom. The predicted molar refractivity (Wildman–Crippen MR) is 176 cm³/mol. The van der Waals surface area contributed by atoms with Crippen LogP contribution in [0.25, 0.3) is 17.0 Å². The predicted octanol–water partition coefficient (Wildman–Crippen LogP) is 2.53. The SMILES string of the molecule is CCc1c(N2CCN(C(=O)c3ncnc(C)c3O)[C@H]3CC[C@@H]32)c(=O)c2nn(-c3ccccn3)nc2n1CC(=O)NC12CC(C(C)C)(C1)C2. The number of nitrogens with zero attached hydrogens (tertiary/aromatic N) is 9. The van der Waals surface area contributed by atoms with Gasteiger partial charge in [-0.1, -0.05) is 26.8 Å². The Bertz CT molecular complexity index is 2000. The van der Waals surface area contributed by atoms with Gasteiger partial charge >= 0.3 is 0 Å². The fourth-order valence-corrected chi connectivity index (χ4v) is 8.64. The van der Waals surface area contributed by atoms with Gasteiger partial charge in [-0.3, -0.25) is 14.4 Å². The fraction of sp³-hybridized carbons (Fsp3) is 0.529. The smallest absolute Gasteiger partial charge is 0.276 e. The molecule has 4 saturated carbocycles. The van der Waals surface area contributed by atoms with Crippen molar-refractivity contribution in [2.75, 3.05) is 18.0 Å². The Labute approximate surface area is 277 Å². The number of anilines is 1. The average molecular weight is 653 g/mol. The number of rotatable bonds is 8. The van der Waals surface area contributed by atoms with E-state index in [0.717, 1.165) is 32.1 Å². The van der Waals surface area contributed by atoms with Gasteiger partial charge < -0.3 is 24.8 Å². The molecule has 1 saturated heterocycles. The molecule has 2 atom stereocenters. The zero-order chi connectivity index (χ0) is 33.5. The molecular weight excluding hydrogens is 612 g/mol. The minimum absolute atomic E-state index is 0.00315. The highest BCUT2D eigenvalue weighted by atomic mass is 16.3. The molecule has 4 aromatic heterocycles. The monoisotopic (exact) mass is 652 g/mol. The van der Waals surface area contributed by atoms with Gasteiger partial charge in [0.2, 0.25) is 11.3 Å². The molecule has 5 fully saturated rings. The van der Waals surface area contributed by atoms with Gasteiger partial charge in [0.05, 0.1) is 11.7 Å². The third kappa shape index (κ3) is 4.44. The van der Waals surface area contributed by atoms with Gasteiger partial charge in [-0.05, 0) is 68.9 Å². The normalized spacial score (nSPS) is 25.7. The lowest BCUT2D eigenvalue weighted by atomic mass is 9.36. The number of hydrogen-bond acceptors (Lipinski definition) is 10. The lowest BCUT2D eigenvalue weighted by molar-refractivity contribution is -0.187. The topological polar surface area (TPSA) is 164 Å². The van der Waals surface area contributed by atoms with E-state index in [0.29, 0.717) is 59.4 Å². The van der Waals surface area contributed by atoms with Crippen molar-refractivity contribution in [3.05, 3.63) is 58.0 Å². The van der Waals surface area contributed by atoms with Crippen molar-refractivity contribution < 1.29 is 14.7 Å². The Morgan fingerprint density at radius 1 is 1.06 bits per heavy atom. The van der Waals surface area contributed by atoms with Crippen molar-refractivity contribution in [3.8, 4) is 11.6 Å². The van der Waals surface area contributed by atoms with Crippen LogP contribution in [-0.4, -0.2) is 87.0 Å². The molecule has 5 aliphatic rings. The van der Waals surface area contributed by atoms with Crippen molar-refractivity contribution in [1.82, 2.24) is 44.7 Å². The van der Waals surface area contributed by atoms with Crippen molar-refractivity contribution in [2.24, 2.45) is 11.3 Å². The summed E-state index contributed by atoms with van der Waals surface area (Å²) < 4.78 is 1.85. The maximum absolute atomic E-state index is 14.5. The van der Waals surface area contributed by atoms with Crippen LogP contribution < -0.4 is 15.6 Å². The van der Waals surface area contributed by atoms with Crippen molar-refractivity contribution >= 4 is 28.7 Å². The van der Waals surface area contributed by atoms with Crippen LogP contribution >= 0.6 is 0 Å². The van der Waals surface area contributed by atoms with E-state index in [4.69, 9.17) is 5.10 Å². The van der Waals surface area contributed by atoms with Gasteiger partial charge in [-0.15, -0.1) is 15.0 Å². The van der Waals surface area contributed by atoms with Crippen LogP contribution in [0.5, 0.6) is 5.75 Å². The quantitative estimate of drug-likeness (QED) is 0.289. The Kier molecular flexibility index (Phi) is 6.87. The summed E-state index contributed by atoms with van der Waals surface area (Å²) in [5.74, 6) is 0.383. The molecule has 0 spiro atoms. The number of aromatic hydroxyl groups is 1. The van der Waals surface area contributed by atoms with E-state index in [2.05, 4.69) is 44.1 Å². The summed E-state index contributed by atoms with van der Waals surface area (Å²) in [7, 11) is 0. The van der Waals surface area contributed by atoms with E-state index in [1.807, 2.05) is 17.6 Å². The Hall–Kier alpha value is -4.88. The number of pyridine rings is 2. The Balaban J connectivity index is 1.16. The fourth-order valence-electron chi connectivity index (χ4n) is 8.64. The van der Waals surface area contributed by atoms with Crippen LogP contribution in [0.15, 0.2) is 35.5 Å². The second-order valence-electron chi connectivity index (χ2n) is 14.3. The third-order valence-electron chi connectivity index (χ3n) is 11.4. The number of amides is 2. The molecule has 2 bridgehead atoms. The van der Waals surface area contributed by atoms with Gasteiger partial charge in [0.1, 0.15) is 18.6 Å². The zero-order valence-corrected chi connectivity index (χ0v) is 27.7. The van der Waals surface area contributed by atoms with E-state index < -0.39 is 0 Å². The minimum Gasteiger partial charge on any atom is -0.504 e. The van der Waals surface area contributed by atoms with Crippen molar-refractivity contribution in [2.45, 2.75) is 90.4 Å². The molecule has 14 nitrogen and oxygen atoms in total. The van der Waals surface area contributed by atoms with Crippen LogP contribution in [0.2, 0.25) is 0 Å². The summed E-state index contributed by atoms with van der Waals surface area (Å²) in [6.07, 6.45) is 7.96. The lowest BCUT2D eigenvalue weighted by Crippen LogP contribution is -2.76. The minimum atomic E-state index is -0.348. The highest BCUT2D eigenvalue weighted by Gasteiger charge is 2.69. The van der Waals surface area contributed by atoms with E-state index in [1.54, 1.807) is 30.2 Å². The van der Waals surface area contributed by atoms with Crippen LogP contribution in [0.1, 0.15) is 74.8 Å². The lowest BCUT2D eigenvalue weighted by Gasteiger charge is -2.72. The molecule has 4 aromatic rings. The first kappa shape index (κ1) is 30.5. The molecule has 0 aromatic carbocycles. The zero-order valence-electron chi connectivity index (χ0n) is 27.7. The summed E-state index contributed by atoms with van der Waals surface area (Å²) in [6.45, 7) is 8.86.